The highest BCUT2D eigenvalue weighted by molar-refractivity contribution is 5.97. The Morgan fingerprint density at radius 1 is 1.44 bits per heavy atom. The third-order valence-corrected chi connectivity index (χ3v) is 3.05. The zero-order valence-electron chi connectivity index (χ0n) is 10.6. The number of aromatic nitrogens is 1. The molecule has 0 bridgehead atoms. The van der Waals surface area contributed by atoms with Gasteiger partial charge in [0.25, 0.3) is 5.91 Å². The van der Waals surface area contributed by atoms with Gasteiger partial charge < -0.3 is 9.88 Å². The number of H-pyrrole nitrogens is 1. The summed E-state index contributed by atoms with van der Waals surface area (Å²) in [6.45, 7) is 4.44. The van der Waals surface area contributed by atoms with Crippen LogP contribution in [0.3, 0.4) is 0 Å². The molecule has 0 saturated heterocycles. The van der Waals surface area contributed by atoms with Crippen molar-refractivity contribution in [2.24, 2.45) is 0 Å². The number of benzene rings is 1. The van der Waals surface area contributed by atoms with Crippen molar-refractivity contribution in [3.05, 3.63) is 48.7 Å². The zero-order valence-corrected chi connectivity index (χ0v) is 10.6. The molecule has 18 heavy (non-hydrogen) atoms. The Morgan fingerprint density at radius 3 is 3.06 bits per heavy atom. The molecule has 0 saturated carbocycles. The second-order valence-corrected chi connectivity index (χ2v) is 4.44. The summed E-state index contributed by atoms with van der Waals surface area (Å²) in [5.74, 6) is 0.0714. The van der Waals surface area contributed by atoms with Gasteiger partial charge in [-0.3, -0.25) is 4.79 Å². The summed E-state index contributed by atoms with van der Waals surface area (Å²) in [6.07, 6.45) is 5.66. The second kappa shape index (κ2) is 5.54. The highest BCUT2D eigenvalue weighted by atomic mass is 16.2. The lowest BCUT2D eigenvalue weighted by Gasteiger charge is -2.16. The summed E-state index contributed by atoms with van der Waals surface area (Å²) < 4.78 is 0. The molecule has 0 spiro atoms. The van der Waals surface area contributed by atoms with Gasteiger partial charge in [-0.25, -0.2) is 0 Å². The fraction of sp³-hybridized carbons (Fsp3) is 0.267. The molecule has 1 aromatic heterocycles. The average molecular weight is 242 g/mol. The van der Waals surface area contributed by atoms with Crippen molar-refractivity contribution in [3.63, 3.8) is 0 Å². The van der Waals surface area contributed by atoms with Crippen LogP contribution in [0, 0.1) is 0 Å². The Kier molecular flexibility index (Phi) is 3.82. The molecule has 0 aliphatic carbocycles. The lowest BCUT2D eigenvalue weighted by Crippen LogP contribution is -2.27. The van der Waals surface area contributed by atoms with E-state index in [0.717, 1.165) is 35.9 Å². The average Bonchev–Trinajstić information content (AvgIpc) is 2.85. The number of aromatic amines is 1. The summed E-state index contributed by atoms with van der Waals surface area (Å²) in [6, 6.07) is 7.72. The molecule has 0 radical (unpaired) electrons. The largest absolute Gasteiger partial charge is 0.361 e. The maximum Gasteiger partial charge on any atom is 0.253 e. The van der Waals surface area contributed by atoms with E-state index < -0.39 is 0 Å². The maximum atomic E-state index is 12.2. The number of amides is 1. The van der Waals surface area contributed by atoms with E-state index in [0.29, 0.717) is 0 Å². The SMILES string of the molecule is C=CCCCN(C)C(=O)c1ccc2[nH]ccc2c1. The molecule has 2 aromatic rings. The van der Waals surface area contributed by atoms with Crippen molar-refractivity contribution in [2.75, 3.05) is 13.6 Å². The van der Waals surface area contributed by atoms with Crippen LogP contribution in [0.5, 0.6) is 0 Å². The predicted molar refractivity (Wildman–Crippen MR) is 74.7 cm³/mol. The molecule has 0 atom stereocenters. The molecule has 3 nitrogen and oxygen atoms in total. The van der Waals surface area contributed by atoms with E-state index in [1.54, 1.807) is 4.90 Å². The summed E-state index contributed by atoms with van der Waals surface area (Å²) in [4.78, 5) is 17.1. The Balaban J connectivity index is 2.09. The number of carbonyl (C=O) groups is 1. The number of fused-ring (bicyclic) bond motifs is 1. The van der Waals surface area contributed by atoms with Gasteiger partial charge in [-0.2, -0.15) is 0 Å². The number of nitrogens with zero attached hydrogens (tertiary/aromatic N) is 1. The second-order valence-electron chi connectivity index (χ2n) is 4.44. The topological polar surface area (TPSA) is 36.1 Å². The molecule has 1 aromatic carbocycles. The van der Waals surface area contributed by atoms with Gasteiger partial charge in [0.2, 0.25) is 0 Å². The van der Waals surface area contributed by atoms with Crippen molar-refractivity contribution >= 4 is 16.8 Å². The quantitative estimate of drug-likeness (QED) is 0.634. The lowest BCUT2D eigenvalue weighted by molar-refractivity contribution is 0.0794. The molecule has 94 valence electrons. The van der Waals surface area contributed by atoms with Gasteiger partial charge in [-0.15, -0.1) is 6.58 Å². The molecule has 1 heterocycles. The van der Waals surface area contributed by atoms with Crippen LogP contribution in [-0.4, -0.2) is 29.4 Å². The molecule has 0 unspecified atom stereocenters. The van der Waals surface area contributed by atoms with E-state index >= 15 is 0 Å². The van der Waals surface area contributed by atoms with Gasteiger partial charge >= 0.3 is 0 Å². The van der Waals surface area contributed by atoms with Gasteiger partial charge in [-0.1, -0.05) is 6.08 Å². The summed E-state index contributed by atoms with van der Waals surface area (Å²) in [7, 11) is 1.84. The van der Waals surface area contributed by atoms with Crippen molar-refractivity contribution < 1.29 is 4.79 Å². The Hall–Kier alpha value is -2.03. The van der Waals surface area contributed by atoms with E-state index in [9.17, 15) is 4.79 Å². The van der Waals surface area contributed by atoms with Crippen LogP contribution < -0.4 is 0 Å². The minimum atomic E-state index is 0.0714. The molecule has 3 heteroatoms. The first-order valence-electron chi connectivity index (χ1n) is 6.16. The Bertz CT molecular complexity index is 556. The summed E-state index contributed by atoms with van der Waals surface area (Å²) >= 11 is 0. The molecule has 0 aliphatic rings. The molecular formula is C15H18N2O. The maximum absolute atomic E-state index is 12.2. The Morgan fingerprint density at radius 2 is 2.28 bits per heavy atom. The Labute approximate surface area is 107 Å². The number of nitrogens with one attached hydrogen (secondary N) is 1. The van der Waals surface area contributed by atoms with Crippen molar-refractivity contribution in [1.29, 1.82) is 0 Å². The van der Waals surface area contributed by atoms with Gasteiger partial charge in [0.15, 0.2) is 0 Å². The van der Waals surface area contributed by atoms with Gasteiger partial charge in [0.05, 0.1) is 0 Å². The van der Waals surface area contributed by atoms with E-state index in [4.69, 9.17) is 0 Å². The van der Waals surface area contributed by atoms with Crippen LogP contribution in [0.4, 0.5) is 0 Å². The number of rotatable bonds is 5. The smallest absolute Gasteiger partial charge is 0.253 e. The van der Waals surface area contributed by atoms with Crippen LogP contribution in [0.15, 0.2) is 43.1 Å². The highest BCUT2D eigenvalue weighted by Gasteiger charge is 2.11. The predicted octanol–water partition coefficient (Wildman–Crippen LogP) is 3.21. The number of unbranched alkanes of at least 4 members (excludes halogenated alkanes) is 1. The van der Waals surface area contributed by atoms with Crippen molar-refractivity contribution in [3.8, 4) is 0 Å². The number of allylic oxidation sites excluding steroid dienone is 1. The van der Waals surface area contributed by atoms with E-state index in [1.165, 1.54) is 0 Å². The van der Waals surface area contributed by atoms with Crippen molar-refractivity contribution in [2.45, 2.75) is 12.8 Å². The van der Waals surface area contributed by atoms with E-state index in [1.807, 2.05) is 43.6 Å². The summed E-state index contributed by atoms with van der Waals surface area (Å²) in [5, 5.41) is 1.07. The number of hydrogen-bond acceptors (Lipinski definition) is 1. The third-order valence-electron chi connectivity index (χ3n) is 3.05. The molecule has 1 N–H and O–H groups in total. The molecule has 1 amide bonds. The molecule has 2 rings (SSSR count). The monoisotopic (exact) mass is 242 g/mol. The standard InChI is InChI=1S/C15H18N2O/c1-3-4-5-10-17(2)15(18)13-6-7-14-12(11-13)8-9-16-14/h3,6-9,11,16H,1,4-5,10H2,2H3. The van der Waals surface area contributed by atoms with E-state index in [-0.39, 0.29) is 5.91 Å². The minimum absolute atomic E-state index is 0.0714. The highest BCUT2D eigenvalue weighted by Crippen LogP contribution is 2.15. The first-order chi connectivity index (χ1) is 8.72. The minimum Gasteiger partial charge on any atom is -0.361 e. The number of hydrogen-bond donors (Lipinski definition) is 1. The zero-order chi connectivity index (χ0) is 13.0. The normalized spacial score (nSPS) is 10.5. The van der Waals surface area contributed by atoms with Gasteiger partial charge in [-0.05, 0) is 37.1 Å². The molecule has 0 fully saturated rings. The third kappa shape index (κ3) is 2.62. The van der Waals surface area contributed by atoms with Crippen LogP contribution in [0.25, 0.3) is 10.9 Å². The fourth-order valence-corrected chi connectivity index (χ4v) is 1.98. The molecular weight excluding hydrogens is 224 g/mol. The molecule has 0 aliphatic heterocycles. The first-order valence-corrected chi connectivity index (χ1v) is 6.16. The van der Waals surface area contributed by atoms with Crippen LogP contribution >= 0.6 is 0 Å². The van der Waals surface area contributed by atoms with Crippen molar-refractivity contribution in [1.82, 2.24) is 9.88 Å². The van der Waals surface area contributed by atoms with E-state index in [2.05, 4.69) is 11.6 Å². The van der Waals surface area contributed by atoms with Crippen LogP contribution in [-0.2, 0) is 0 Å². The van der Waals surface area contributed by atoms with Crippen LogP contribution in [0.2, 0.25) is 0 Å². The van der Waals surface area contributed by atoms with Gasteiger partial charge in [0, 0.05) is 36.3 Å². The summed E-state index contributed by atoms with van der Waals surface area (Å²) in [5.41, 5.74) is 1.80. The van der Waals surface area contributed by atoms with Gasteiger partial charge in [0.1, 0.15) is 0 Å². The lowest BCUT2D eigenvalue weighted by atomic mass is 10.1. The first kappa shape index (κ1) is 12.4. The van der Waals surface area contributed by atoms with Crippen LogP contribution in [0.1, 0.15) is 23.2 Å². The fourth-order valence-electron chi connectivity index (χ4n) is 1.98. The number of carbonyl (C=O) groups excluding carboxylic acids is 1.